The van der Waals surface area contributed by atoms with Crippen LogP contribution in [0.15, 0.2) is 18.2 Å². The highest BCUT2D eigenvalue weighted by Gasteiger charge is 2.11. The molecule has 0 aliphatic heterocycles. The van der Waals surface area contributed by atoms with Crippen LogP contribution in [0.25, 0.3) is 21.9 Å². The molecular weight excluding hydrogens is 236 g/mol. The third-order valence-electron chi connectivity index (χ3n) is 3.43. The van der Waals surface area contributed by atoms with Gasteiger partial charge in [0.25, 0.3) is 0 Å². The minimum Gasteiger partial charge on any atom is -0.382 e. The summed E-state index contributed by atoms with van der Waals surface area (Å²) in [5.74, 6) is 1.53. The predicted molar refractivity (Wildman–Crippen MR) is 79.2 cm³/mol. The molecule has 4 nitrogen and oxygen atoms in total. The van der Waals surface area contributed by atoms with Crippen LogP contribution in [-0.4, -0.2) is 15.0 Å². The van der Waals surface area contributed by atoms with Crippen molar-refractivity contribution in [3.05, 3.63) is 29.6 Å². The minimum absolute atomic E-state index is 0.531. The largest absolute Gasteiger partial charge is 0.382 e. The molecule has 1 aromatic carbocycles. The molecular formula is C15H18N4. The molecule has 0 saturated carbocycles. The zero-order valence-corrected chi connectivity index (χ0v) is 11.3. The second-order valence-electron chi connectivity index (χ2n) is 5.03. The second-order valence-corrected chi connectivity index (χ2v) is 5.03. The van der Waals surface area contributed by atoms with Crippen molar-refractivity contribution in [2.45, 2.75) is 33.1 Å². The molecule has 0 atom stereocenters. The van der Waals surface area contributed by atoms with Crippen molar-refractivity contribution >= 4 is 27.8 Å². The van der Waals surface area contributed by atoms with E-state index in [-0.39, 0.29) is 0 Å². The summed E-state index contributed by atoms with van der Waals surface area (Å²) in [5.41, 5.74) is 9.93. The summed E-state index contributed by atoms with van der Waals surface area (Å²) >= 11 is 0. The van der Waals surface area contributed by atoms with E-state index in [9.17, 15) is 0 Å². The molecule has 3 rings (SSSR count). The van der Waals surface area contributed by atoms with Crippen molar-refractivity contribution in [1.29, 1.82) is 0 Å². The van der Waals surface area contributed by atoms with E-state index < -0.39 is 0 Å². The second kappa shape index (κ2) is 4.53. The van der Waals surface area contributed by atoms with Crippen LogP contribution in [0.1, 0.15) is 31.2 Å². The predicted octanol–water partition coefficient (Wildman–Crippen LogP) is 3.34. The number of pyridine rings is 1. The standard InChI is InChI=1S/C15H18N4/c1-3-4-5-12-18-13-10-7-6-9(2)8-11(10)17-15(16)14(13)19-12/h6-8H,3-5H2,1-2H3,(H2,16,17)(H,18,19). The number of aryl methyl sites for hydroxylation is 2. The summed E-state index contributed by atoms with van der Waals surface area (Å²) in [6, 6.07) is 6.20. The van der Waals surface area contributed by atoms with Crippen molar-refractivity contribution in [3.63, 3.8) is 0 Å². The molecule has 0 unspecified atom stereocenters. The van der Waals surface area contributed by atoms with Crippen LogP contribution in [0.2, 0.25) is 0 Å². The number of nitrogens with one attached hydrogen (secondary N) is 1. The van der Waals surface area contributed by atoms with Crippen molar-refractivity contribution in [1.82, 2.24) is 15.0 Å². The fourth-order valence-electron chi connectivity index (χ4n) is 2.39. The number of anilines is 1. The number of nitrogen functional groups attached to an aromatic ring is 1. The number of hydrogen-bond donors (Lipinski definition) is 2. The van der Waals surface area contributed by atoms with E-state index in [0.29, 0.717) is 5.82 Å². The molecule has 3 aromatic rings. The first-order chi connectivity index (χ1) is 9.19. The number of rotatable bonds is 3. The van der Waals surface area contributed by atoms with E-state index in [1.54, 1.807) is 0 Å². The Morgan fingerprint density at radius 1 is 1.26 bits per heavy atom. The summed E-state index contributed by atoms with van der Waals surface area (Å²) in [6.45, 7) is 4.23. The number of nitrogens with two attached hydrogens (primary N) is 1. The molecule has 4 heteroatoms. The Bertz CT molecular complexity index is 743. The first-order valence-corrected chi connectivity index (χ1v) is 6.73. The molecule has 98 valence electrons. The van der Waals surface area contributed by atoms with E-state index in [1.807, 2.05) is 6.07 Å². The SMILES string of the molecule is CCCCc1nc2c([nH]1)c(N)nc1cc(C)ccc12. The molecule has 0 aliphatic rings. The van der Waals surface area contributed by atoms with E-state index in [2.05, 4.69) is 35.9 Å². The first kappa shape index (κ1) is 12.0. The molecule has 0 spiro atoms. The Morgan fingerprint density at radius 2 is 2.11 bits per heavy atom. The Kier molecular flexibility index (Phi) is 2.85. The van der Waals surface area contributed by atoms with Crippen molar-refractivity contribution < 1.29 is 0 Å². The van der Waals surface area contributed by atoms with Gasteiger partial charge in [-0.25, -0.2) is 9.97 Å². The topological polar surface area (TPSA) is 67.6 Å². The van der Waals surface area contributed by atoms with Gasteiger partial charge in [-0.3, -0.25) is 0 Å². The molecule has 0 amide bonds. The monoisotopic (exact) mass is 254 g/mol. The smallest absolute Gasteiger partial charge is 0.150 e. The van der Waals surface area contributed by atoms with Crippen molar-refractivity contribution in [2.24, 2.45) is 0 Å². The maximum Gasteiger partial charge on any atom is 0.150 e. The summed E-state index contributed by atoms with van der Waals surface area (Å²) in [4.78, 5) is 12.5. The zero-order chi connectivity index (χ0) is 13.4. The molecule has 0 aliphatic carbocycles. The molecule has 0 fully saturated rings. The Hall–Kier alpha value is -2.10. The number of nitrogens with zero attached hydrogens (tertiary/aromatic N) is 2. The quantitative estimate of drug-likeness (QED) is 0.753. The van der Waals surface area contributed by atoms with Gasteiger partial charge in [0.2, 0.25) is 0 Å². The van der Waals surface area contributed by atoms with Crippen LogP contribution >= 0.6 is 0 Å². The van der Waals surface area contributed by atoms with Gasteiger partial charge in [0.15, 0.2) is 0 Å². The number of imidazole rings is 1. The first-order valence-electron chi connectivity index (χ1n) is 6.73. The molecule has 19 heavy (non-hydrogen) atoms. The van der Waals surface area contributed by atoms with Crippen molar-refractivity contribution in [2.75, 3.05) is 5.73 Å². The van der Waals surface area contributed by atoms with Gasteiger partial charge in [-0.15, -0.1) is 0 Å². The number of hydrogen-bond acceptors (Lipinski definition) is 3. The van der Waals surface area contributed by atoms with E-state index in [4.69, 9.17) is 10.7 Å². The van der Waals surface area contributed by atoms with Gasteiger partial charge >= 0.3 is 0 Å². The Balaban J connectivity index is 2.24. The van der Waals surface area contributed by atoms with Gasteiger partial charge in [-0.1, -0.05) is 25.5 Å². The normalized spacial score (nSPS) is 11.5. The highest BCUT2D eigenvalue weighted by Crippen LogP contribution is 2.27. The van der Waals surface area contributed by atoms with Crippen LogP contribution in [-0.2, 0) is 6.42 Å². The van der Waals surface area contributed by atoms with Gasteiger partial charge in [0, 0.05) is 11.8 Å². The fourth-order valence-corrected chi connectivity index (χ4v) is 2.39. The molecule has 2 heterocycles. The summed E-state index contributed by atoms with van der Waals surface area (Å²) in [6.07, 6.45) is 3.24. The molecule has 0 radical (unpaired) electrons. The third-order valence-corrected chi connectivity index (χ3v) is 3.43. The highest BCUT2D eigenvalue weighted by atomic mass is 15.0. The number of aromatic amines is 1. The van der Waals surface area contributed by atoms with Gasteiger partial charge in [0.1, 0.15) is 22.7 Å². The summed E-state index contributed by atoms with van der Waals surface area (Å²) < 4.78 is 0. The average molecular weight is 254 g/mol. The van der Waals surface area contributed by atoms with Crippen LogP contribution in [0.5, 0.6) is 0 Å². The number of fused-ring (bicyclic) bond motifs is 3. The van der Waals surface area contributed by atoms with Gasteiger partial charge < -0.3 is 10.7 Å². The lowest BCUT2D eigenvalue weighted by molar-refractivity contribution is 0.765. The van der Waals surface area contributed by atoms with E-state index >= 15 is 0 Å². The lowest BCUT2D eigenvalue weighted by atomic mass is 10.1. The van der Waals surface area contributed by atoms with Crippen LogP contribution in [0.4, 0.5) is 5.82 Å². The van der Waals surface area contributed by atoms with Crippen LogP contribution in [0, 0.1) is 6.92 Å². The van der Waals surface area contributed by atoms with Gasteiger partial charge in [0.05, 0.1) is 5.52 Å². The zero-order valence-electron chi connectivity index (χ0n) is 11.3. The summed E-state index contributed by atoms with van der Waals surface area (Å²) in [7, 11) is 0. The Labute approximate surface area is 112 Å². The van der Waals surface area contributed by atoms with Crippen LogP contribution < -0.4 is 5.73 Å². The minimum atomic E-state index is 0.531. The number of unbranched alkanes of at least 4 members (excludes halogenated alkanes) is 1. The summed E-state index contributed by atoms with van der Waals surface area (Å²) in [5, 5.41) is 1.06. The van der Waals surface area contributed by atoms with Gasteiger partial charge in [-0.05, 0) is 25.0 Å². The molecule has 3 N–H and O–H groups in total. The molecule has 0 bridgehead atoms. The van der Waals surface area contributed by atoms with E-state index in [1.165, 1.54) is 5.56 Å². The fraction of sp³-hybridized carbons (Fsp3) is 0.333. The average Bonchev–Trinajstić information content (AvgIpc) is 2.81. The van der Waals surface area contributed by atoms with Crippen LogP contribution in [0.3, 0.4) is 0 Å². The van der Waals surface area contributed by atoms with E-state index in [0.717, 1.165) is 47.0 Å². The highest BCUT2D eigenvalue weighted by molar-refractivity contribution is 6.06. The lowest BCUT2D eigenvalue weighted by Crippen LogP contribution is -1.93. The van der Waals surface area contributed by atoms with Crippen molar-refractivity contribution in [3.8, 4) is 0 Å². The Morgan fingerprint density at radius 3 is 2.89 bits per heavy atom. The number of aromatic nitrogens is 3. The maximum atomic E-state index is 6.03. The third kappa shape index (κ3) is 2.03. The maximum absolute atomic E-state index is 6.03. The molecule has 0 saturated heterocycles. The molecule has 2 aromatic heterocycles. The number of H-pyrrole nitrogens is 1. The number of benzene rings is 1. The lowest BCUT2D eigenvalue weighted by Gasteiger charge is -2.01. The van der Waals surface area contributed by atoms with Gasteiger partial charge in [-0.2, -0.15) is 0 Å².